The molecule has 4 nitrogen and oxygen atoms in total. The van der Waals surface area contributed by atoms with Crippen LogP contribution in [0.2, 0.25) is 10.0 Å². The molecule has 3 N–H and O–H groups in total. The van der Waals surface area contributed by atoms with Gasteiger partial charge in [-0.25, -0.2) is 0 Å². The first-order valence-corrected chi connectivity index (χ1v) is 7.53. The number of amides is 1. The highest BCUT2D eigenvalue weighted by Gasteiger charge is 2.18. The summed E-state index contributed by atoms with van der Waals surface area (Å²) >= 11 is 13.3. The number of thiophene rings is 1. The van der Waals surface area contributed by atoms with Gasteiger partial charge in [0, 0.05) is 6.20 Å². The Hall–Kier alpha value is -1.82. The second kappa shape index (κ2) is 5.52. The molecule has 0 unspecified atom stereocenters. The second-order valence-corrected chi connectivity index (χ2v) is 6.09. The van der Waals surface area contributed by atoms with Gasteiger partial charge in [0.15, 0.2) is 0 Å². The summed E-state index contributed by atoms with van der Waals surface area (Å²) in [5, 5.41) is 3.39. The number of aromatic nitrogens is 1. The molecule has 2 heterocycles. The van der Waals surface area contributed by atoms with Gasteiger partial charge in [-0.3, -0.25) is 9.78 Å². The lowest BCUT2D eigenvalue weighted by Crippen LogP contribution is -2.12. The van der Waals surface area contributed by atoms with E-state index in [1.807, 2.05) is 6.07 Å². The monoisotopic (exact) mass is 337 g/mol. The predicted octanol–water partition coefficient (Wildman–Crippen LogP) is 4.44. The average Bonchev–Trinajstić information content (AvgIpc) is 2.82. The molecule has 3 rings (SSSR count). The van der Waals surface area contributed by atoms with Crippen LogP contribution in [0.5, 0.6) is 0 Å². The third-order valence-electron chi connectivity index (χ3n) is 2.89. The maximum Gasteiger partial charge on any atom is 0.268 e. The van der Waals surface area contributed by atoms with Crippen molar-refractivity contribution in [2.45, 2.75) is 0 Å². The molecule has 2 aromatic heterocycles. The molecular weight excluding hydrogens is 329 g/mol. The molecular formula is C14H9Cl2N3OS. The highest BCUT2D eigenvalue weighted by atomic mass is 35.5. The van der Waals surface area contributed by atoms with E-state index in [0.717, 1.165) is 4.70 Å². The van der Waals surface area contributed by atoms with Crippen molar-refractivity contribution < 1.29 is 4.79 Å². The Morgan fingerprint density at radius 3 is 2.81 bits per heavy atom. The van der Waals surface area contributed by atoms with E-state index in [-0.39, 0.29) is 5.91 Å². The van der Waals surface area contributed by atoms with Crippen molar-refractivity contribution in [1.82, 2.24) is 4.98 Å². The summed E-state index contributed by atoms with van der Waals surface area (Å²) in [6, 6.07) is 8.70. The van der Waals surface area contributed by atoms with Crippen LogP contribution in [0.4, 0.5) is 11.4 Å². The Balaban J connectivity index is 1.97. The zero-order valence-corrected chi connectivity index (χ0v) is 12.9. The molecule has 0 saturated carbocycles. The molecule has 0 spiro atoms. The van der Waals surface area contributed by atoms with Crippen LogP contribution < -0.4 is 11.1 Å². The number of nitrogens with one attached hydrogen (secondary N) is 1. The zero-order valence-electron chi connectivity index (χ0n) is 10.6. The lowest BCUT2D eigenvalue weighted by atomic mass is 10.3. The molecule has 106 valence electrons. The van der Waals surface area contributed by atoms with Gasteiger partial charge in [0.1, 0.15) is 10.4 Å². The third kappa shape index (κ3) is 2.55. The predicted molar refractivity (Wildman–Crippen MR) is 88.4 cm³/mol. The molecule has 0 aliphatic rings. The molecule has 21 heavy (non-hydrogen) atoms. The number of carbonyl (C=O) groups excluding carboxylic acids is 1. The number of anilines is 2. The van der Waals surface area contributed by atoms with E-state index in [9.17, 15) is 4.79 Å². The number of hydrogen-bond donors (Lipinski definition) is 2. The molecule has 3 aromatic rings. The molecule has 7 heteroatoms. The van der Waals surface area contributed by atoms with E-state index in [0.29, 0.717) is 31.8 Å². The quantitative estimate of drug-likeness (QED) is 0.726. The summed E-state index contributed by atoms with van der Waals surface area (Å²) in [7, 11) is 0. The Labute approximate surface area is 134 Å². The van der Waals surface area contributed by atoms with Crippen molar-refractivity contribution in [3.05, 3.63) is 51.5 Å². The van der Waals surface area contributed by atoms with Gasteiger partial charge < -0.3 is 11.1 Å². The first-order valence-electron chi connectivity index (χ1n) is 5.96. The molecule has 0 aliphatic heterocycles. The van der Waals surface area contributed by atoms with Gasteiger partial charge in [0.2, 0.25) is 0 Å². The number of fused-ring (bicyclic) bond motifs is 1. The van der Waals surface area contributed by atoms with E-state index in [1.54, 1.807) is 30.5 Å². The average molecular weight is 338 g/mol. The lowest BCUT2D eigenvalue weighted by Gasteiger charge is -2.07. The molecule has 0 aliphatic carbocycles. The van der Waals surface area contributed by atoms with Crippen molar-refractivity contribution in [1.29, 1.82) is 0 Å². The first-order chi connectivity index (χ1) is 10.1. The SMILES string of the molecule is Nc1c(C(=O)Nc2cccc(Cl)c2Cl)sc2cccnc12. The summed E-state index contributed by atoms with van der Waals surface area (Å²) in [6.45, 7) is 0. The first kappa shape index (κ1) is 14.1. The van der Waals surface area contributed by atoms with Gasteiger partial charge in [0.25, 0.3) is 5.91 Å². The highest BCUT2D eigenvalue weighted by Crippen LogP contribution is 2.34. The van der Waals surface area contributed by atoms with E-state index < -0.39 is 0 Å². The molecule has 0 atom stereocenters. The number of nitrogen functional groups attached to an aromatic ring is 1. The van der Waals surface area contributed by atoms with Crippen LogP contribution in [-0.4, -0.2) is 10.9 Å². The van der Waals surface area contributed by atoms with E-state index in [2.05, 4.69) is 10.3 Å². The summed E-state index contributed by atoms with van der Waals surface area (Å²) in [5.41, 5.74) is 7.43. The van der Waals surface area contributed by atoms with Crippen molar-refractivity contribution in [3.8, 4) is 0 Å². The fourth-order valence-corrected chi connectivity index (χ4v) is 3.22. The Morgan fingerprint density at radius 2 is 2.05 bits per heavy atom. The highest BCUT2D eigenvalue weighted by molar-refractivity contribution is 7.21. The number of pyridine rings is 1. The molecule has 0 radical (unpaired) electrons. The minimum absolute atomic E-state index is 0.297. The van der Waals surface area contributed by atoms with Crippen molar-refractivity contribution >= 4 is 62.0 Å². The summed E-state index contributed by atoms with van der Waals surface area (Å²) in [6.07, 6.45) is 1.64. The smallest absolute Gasteiger partial charge is 0.268 e. The Morgan fingerprint density at radius 1 is 1.24 bits per heavy atom. The third-order valence-corrected chi connectivity index (χ3v) is 4.87. The minimum Gasteiger partial charge on any atom is -0.396 e. The lowest BCUT2D eigenvalue weighted by molar-refractivity contribution is 0.103. The standard InChI is InChI=1S/C14H9Cl2N3OS/c15-7-3-1-4-8(10(7)16)19-14(20)13-11(17)12-9(21-13)5-2-6-18-12/h1-6H,17H2,(H,19,20). The number of nitrogens with zero attached hydrogens (tertiary/aromatic N) is 1. The molecule has 0 bridgehead atoms. The number of nitrogens with two attached hydrogens (primary N) is 1. The van der Waals surface area contributed by atoms with E-state index in [4.69, 9.17) is 28.9 Å². The van der Waals surface area contributed by atoms with Crippen LogP contribution in [0.15, 0.2) is 36.5 Å². The number of halogens is 2. The zero-order chi connectivity index (χ0) is 15.0. The van der Waals surface area contributed by atoms with Crippen molar-refractivity contribution in [2.24, 2.45) is 0 Å². The van der Waals surface area contributed by atoms with Gasteiger partial charge in [-0.05, 0) is 24.3 Å². The summed E-state index contributed by atoms with van der Waals surface area (Å²) in [4.78, 5) is 16.9. The van der Waals surface area contributed by atoms with Gasteiger partial charge >= 0.3 is 0 Å². The summed E-state index contributed by atoms with van der Waals surface area (Å²) in [5.74, 6) is -0.334. The number of benzene rings is 1. The number of rotatable bonds is 2. The van der Waals surface area contributed by atoms with Crippen molar-refractivity contribution in [3.63, 3.8) is 0 Å². The fourth-order valence-electron chi connectivity index (χ4n) is 1.90. The van der Waals surface area contributed by atoms with Gasteiger partial charge in [-0.1, -0.05) is 29.3 Å². The Kier molecular flexibility index (Phi) is 3.71. The van der Waals surface area contributed by atoms with Crippen LogP contribution >= 0.6 is 34.5 Å². The van der Waals surface area contributed by atoms with Gasteiger partial charge in [0.05, 0.1) is 26.1 Å². The number of carbonyl (C=O) groups is 1. The van der Waals surface area contributed by atoms with Gasteiger partial charge in [-0.2, -0.15) is 0 Å². The van der Waals surface area contributed by atoms with Crippen LogP contribution in [0.25, 0.3) is 10.2 Å². The fraction of sp³-hybridized carbons (Fsp3) is 0. The van der Waals surface area contributed by atoms with Crippen LogP contribution in [0, 0.1) is 0 Å². The van der Waals surface area contributed by atoms with Crippen LogP contribution in [-0.2, 0) is 0 Å². The van der Waals surface area contributed by atoms with Crippen LogP contribution in [0.1, 0.15) is 9.67 Å². The van der Waals surface area contributed by atoms with Crippen molar-refractivity contribution in [2.75, 3.05) is 11.1 Å². The van der Waals surface area contributed by atoms with E-state index >= 15 is 0 Å². The van der Waals surface area contributed by atoms with E-state index in [1.165, 1.54) is 11.3 Å². The Bertz CT molecular complexity index is 847. The second-order valence-electron chi connectivity index (χ2n) is 4.25. The van der Waals surface area contributed by atoms with Crippen LogP contribution in [0.3, 0.4) is 0 Å². The largest absolute Gasteiger partial charge is 0.396 e. The number of hydrogen-bond acceptors (Lipinski definition) is 4. The normalized spacial score (nSPS) is 10.8. The van der Waals surface area contributed by atoms with Gasteiger partial charge in [-0.15, -0.1) is 11.3 Å². The summed E-state index contributed by atoms with van der Waals surface area (Å²) < 4.78 is 0.859. The molecule has 0 fully saturated rings. The molecule has 1 amide bonds. The molecule has 1 aromatic carbocycles. The topological polar surface area (TPSA) is 68.0 Å². The molecule has 0 saturated heterocycles. The maximum atomic E-state index is 12.4. The maximum absolute atomic E-state index is 12.4. The minimum atomic E-state index is -0.334.